The lowest BCUT2D eigenvalue weighted by molar-refractivity contribution is -0.123. The van der Waals surface area contributed by atoms with Gasteiger partial charge in [-0.3, -0.25) is 4.79 Å². The molecule has 0 aromatic carbocycles. The van der Waals surface area contributed by atoms with Crippen LogP contribution in [0.1, 0.15) is 309 Å². The number of unbranched alkanes of at least 4 members (excludes halogenated alkanes) is 33. The van der Waals surface area contributed by atoms with Crippen LogP contribution in [-0.2, 0) is 4.79 Å². The van der Waals surface area contributed by atoms with Crippen LogP contribution in [0.25, 0.3) is 0 Å². The van der Waals surface area contributed by atoms with E-state index in [-0.39, 0.29) is 12.5 Å². The molecule has 0 saturated heterocycles. The fourth-order valence-corrected chi connectivity index (χ4v) is 9.47. The summed E-state index contributed by atoms with van der Waals surface area (Å²) in [5, 5.41) is 23.4. The number of allylic oxidation sites excluding steroid dienone is 18. The first kappa shape index (κ1) is 71.0. The second kappa shape index (κ2) is 64.3. The van der Waals surface area contributed by atoms with Crippen LogP contribution < -0.4 is 5.32 Å². The maximum absolute atomic E-state index is 12.5. The number of carbonyl (C=O) groups is 1. The van der Waals surface area contributed by atoms with Crippen LogP contribution in [0, 0.1) is 0 Å². The van der Waals surface area contributed by atoms with Gasteiger partial charge in [-0.25, -0.2) is 0 Å². The van der Waals surface area contributed by atoms with Crippen molar-refractivity contribution in [2.75, 3.05) is 6.61 Å². The fraction of sp³-hybridized carbons (Fsp3) is 0.729. The monoisotopic (exact) mass is 1030 g/mol. The first-order valence-electron chi connectivity index (χ1n) is 32.1. The Hall–Kier alpha value is -2.95. The molecule has 0 radical (unpaired) electrons. The summed E-state index contributed by atoms with van der Waals surface area (Å²) in [4.78, 5) is 12.5. The molecule has 0 aromatic heterocycles. The highest BCUT2D eigenvalue weighted by atomic mass is 16.3. The summed E-state index contributed by atoms with van der Waals surface area (Å²) in [7, 11) is 0. The van der Waals surface area contributed by atoms with Gasteiger partial charge in [-0.1, -0.05) is 329 Å². The Labute approximate surface area is 461 Å². The smallest absolute Gasteiger partial charge is 0.220 e. The molecule has 0 aliphatic rings. The van der Waals surface area contributed by atoms with Gasteiger partial charge in [0.15, 0.2) is 0 Å². The molecular formula is C70H123NO3. The van der Waals surface area contributed by atoms with Gasteiger partial charge in [-0.05, 0) is 83.5 Å². The maximum atomic E-state index is 12.5. The highest BCUT2D eigenvalue weighted by Crippen LogP contribution is 2.17. The van der Waals surface area contributed by atoms with Crippen LogP contribution in [0.2, 0.25) is 0 Å². The molecule has 2 unspecified atom stereocenters. The van der Waals surface area contributed by atoms with Crippen LogP contribution >= 0.6 is 0 Å². The minimum Gasteiger partial charge on any atom is -0.394 e. The van der Waals surface area contributed by atoms with E-state index in [1.807, 2.05) is 0 Å². The van der Waals surface area contributed by atoms with Gasteiger partial charge in [0.2, 0.25) is 5.91 Å². The van der Waals surface area contributed by atoms with Crippen molar-refractivity contribution in [3.8, 4) is 0 Å². The lowest BCUT2D eigenvalue weighted by Gasteiger charge is -2.22. The Bertz CT molecular complexity index is 1400. The average molecular weight is 1030 g/mol. The third-order valence-corrected chi connectivity index (χ3v) is 14.3. The minimum absolute atomic E-state index is 0.0351. The van der Waals surface area contributed by atoms with E-state index in [1.54, 1.807) is 0 Å². The molecule has 1 amide bonds. The van der Waals surface area contributed by atoms with Gasteiger partial charge in [0.25, 0.3) is 0 Å². The predicted molar refractivity (Wildman–Crippen MR) is 331 cm³/mol. The number of aliphatic hydroxyl groups is 2. The molecule has 3 N–H and O–H groups in total. The van der Waals surface area contributed by atoms with Crippen LogP contribution in [-0.4, -0.2) is 34.9 Å². The fourth-order valence-electron chi connectivity index (χ4n) is 9.47. The van der Waals surface area contributed by atoms with Crippen LogP contribution in [0.15, 0.2) is 109 Å². The molecule has 74 heavy (non-hydrogen) atoms. The van der Waals surface area contributed by atoms with Gasteiger partial charge in [-0.15, -0.1) is 0 Å². The number of hydrogen-bond donors (Lipinski definition) is 3. The summed E-state index contributed by atoms with van der Waals surface area (Å²) in [5.41, 5.74) is 0. The molecule has 0 fully saturated rings. The van der Waals surface area contributed by atoms with E-state index in [0.717, 1.165) is 83.5 Å². The Morgan fingerprint density at radius 3 is 0.892 bits per heavy atom. The molecule has 0 spiro atoms. The number of rotatable bonds is 58. The summed E-state index contributed by atoms with van der Waals surface area (Å²) in [6.45, 7) is 4.26. The summed E-state index contributed by atoms with van der Waals surface area (Å²) < 4.78 is 0. The van der Waals surface area contributed by atoms with E-state index >= 15 is 0 Å². The molecular weight excluding hydrogens is 903 g/mol. The van der Waals surface area contributed by atoms with E-state index in [4.69, 9.17) is 0 Å². The third kappa shape index (κ3) is 59.9. The van der Waals surface area contributed by atoms with Crippen LogP contribution in [0.5, 0.6) is 0 Å². The van der Waals surface area contributed by atoms with Gasteiger partial charge in [0, 0.05) is 6.42 Å². The van der Waals surface area contributed by atoms with Crippen molar-refractivity contribution in [2.24, 2.45) is 0 Å². The van der Waals surface area contributed by atoms with Gasteiger partial charge in [-0.2, -0.15) is 0 Å². The molecule has 0 saturated carbocycles. The molecule has 0 bridgehead atoms. The molecule has 0 aliphatic carbocycles. The lowest BCUT2D eigenvalue weighted by Crippen LogP contribution is -2.45. The normalized spacial score (nSPS) is 13.5. The molecule has 0 heterocycles. The van der Waals surface area contributed by atoms with Gasteiger partial charge in [0.05, 0.1) is 18.8 Å². The quantitative estimate of drug-likeness (QED) is 0.0420. The topological polar surface area (TPSA) is 69.6 Å². The minimum atomic E-state index is -0.668. The zero-order chi connectivity index (χ0) is 53.4. The Morgan fingerprint density at radius 1 is 0.338 bits per heavy atom. The van der Waals surface area contributed by atoms with Crippen LogP contribution in [0.4, 0.5) is 0 Å². The van der Waals surface area contributed by atoms with Crippen molar-refractivity contribution in [3.05, 3.63) is 109 Å². The highest BCUT2D eigenvalue weighted by Gasteiger charge is 2.20. The summed E-state index contributed by atoms with van der Waals surface area (Å²) in [6, 6.07) is -0.546. The number of carbonyl (C=O) groups excluding carboxylic acids is 1. The van der Waals surface area contributed by atoms with E-state index in [2.05, 4.69) is 129 Å². The Balaban J connectivity index is 3.53. The van der Waals surface area contributed by atoms with Crippen molar-refractivity contribution < 1.29 is 15.0 Å². The lowest BCUT2D eigenvalue weighted by atomic mass is 10.0. The van der Waals surface area contributed by atoms with E-state index in [9.17, 15) is 15.0 Å². The van der Waals surface area contributed by atoms with Crippen molar-refractivity contribution >= 4 is 5.91 Å². The summed E-state index contributed by atoms with van der Waals surface area (Å²) in [5.74, 6) is -0.0351. The molecule has 0 aliphatic heterocycles. The zero-order valence-corrected chi connectivity index (χ0v) is 49.1. The second-order valence-corrected chi connectivity index (χ2v) is 21.5. The number of nitrogens with one attached hydrogen (secondary N) is 1. The van der Waals surface area contributed by atoms with E-state index < -0.39 is 12.1 Å². The average Bonchev–Trinajstić information content (AvgIpc) is 3.40. The van der Waals surface area contributed by atoms with Crippen molar-refractivity contribution in [1.29, 1.82) is 0 Å². The Morgan fingerprint density at radius 2 is 0.595 bits per heavy atom. The summed E-state index contributed by atoms with van der Waals surface area (Å²) >= 11 is 0. The molecule has 0 aromatic rings. The standard InChI is InChI=1S/C70H123NO3/c1-3-5-7-9-11-13-15-17-19-21-23-25-27-28-29-30-31-32-33-34-35-36-37-38-39-40-41-42-44-46-48-50-52-54-56-58-60-62-64-66-70(74)71-68(67-72)69(73)65-63-61-59-57-55-53-51-49-47-45-43-26-24-22-20-18-16-14-12-10-8-6-4-2/h5,7,11,13,17,19,23,25,28-29,31-32,34-35,37-38,40-41,68-69,72-73H,3-4,6,8-10,12,14-16,18,20-22,24,26-27,30,33,36,39,42-67H2,1-2H3,(H,71,74)/b7-5-,13-11-,19-17-,25-23-,29-28-,32-31-,35-34-,38-37-,41-40-. The summed E-state index contributed by atoms with van der Waals surface area (Å²) in [6.07, 6.45) is 96.7. The Kier molecular flexibility index (Phi) is 61.8. The molecule has 2 atom stereocenters. The third-order valence-electron chi connectivity index (χ3n) is 14.3. The van der Waals surface area contributed by atoms with Gasteiger partial charge in [0.1, 0.15) is 0 Å². The second-order valence-electron chi connectivity index (χ2n) is 21.5. The van der Waals surface area contributed by atoms with Crippen LogP contribution in [0.3, 0.4) is 0 Å². The number of amides is 1. The van der Waals surface area contributed by atoms with Crippen molar-refractivity contribution in [2.45, 2.75) is 321 Å². The van der Waals surface area contributed by atoms with E-state index in [0.29, 0.717) is 12.8 Å². The van der Waals surface area contributed by atoms with Gasteiger partial charge >= 0.3 is 0 Å². The van der Waals surface area contributed by atoms with Crippen molar-refractivity contribution in [3.63, 3.8) is 0 Å². The largest absolute Gasteiger partial charge is 0.394 e. The molecule has 426 valence electrons. The first-order chi connectivity index (χ1) is 36.7. The number of aliphatic hydroxyl groups excluding tert-OH is 2. The molecule has 4 nitrogen and oxygen atoms in total. The zero-order valence-electron chi connectivity index (χ0n) is 49.1. The molecule has 0 rings (SSSR count). The van der Waals surface area contributed by atoms with Gasteiger partial charge < -0.3 is 15.5 Å². The maximum Gasteiger partial charge on any atom is 0.220 e. The first-order valence-corrected chi connectivity index (χ1v) is 32.1. The molecule has 4 heteroatoms. The predicted octanol–water partition coefficient (Wildman–Crippen LogP) is 21.8. The SMILES string of the molecule is CC/C=C\C/C=C\C/C=C\C/C=C\C/C=C\C/C=C\C/C=C\C/C=C\C/C=C\CCCCCCCCCCCCCC(=O)NC(CO)C(O)CCCCCCCCCCCCCCCCCCCCCCCCC. The van der Waals surface area contributed by atoms with E-state index in [1.165, 1.54) is 199 Å². The van der Waals surface area contributed by atoms with Crippen molar-refractivity contribution in [1.82, 2.24) is 5.32 Å². The number of hydrogen-bond acceptors (Lipinski definition) is 3. The highest BCUT2D eigenvalue weighted by molar-refractivity contribution is 5.76.